The van der Waals surface area contributed by atoms with Crippen LogP contribution in [0.25, 0.3) is 10.8 Å². The Morgan fingerprint density at radius 3 is 2.45 bits per heavy atom. The Hall–Kier alpha value is -3.49. The van der Waals surface area contributed by atoms with Crippen molar-refractivity contribution >= 4 is 22.5 Å². The molecule has 9 heteroatoms. The molecule has 3 aromatic rings. The fourth-order valence-electron chi connectivity index (χ4n) is 3.00. The number of ketones is 1. The highest BCUT2D eigenvalue weighted by Gasteiger charge is 2.31. The summed E-state index contributed by atoms with van der Waals surface area (Å²) in [5, 5.41) is 4.66. The second-order valence-electron chi connectivity index (χ2n) is 6.85. The van der Waals surface area contributed by atoms with Gasteiger partial charge in [-0.25, -0.2) is 9.48 Å². The van der Waals surface area contributed by atoms with E-state index in [1.807, 2.05) is 6.92 Å². The molecule has 0 aliphatic carbocycles. The fourth-order valence-corrected chi connectivity index (χ4v) is 3.00. The van der Waals surface area contributed by atoms with Gasteiger partial charge in [0.15, 0.2) is 18.1 Å². The molecular formula is C22H19F3N2O4. The average molecular weight is 432 g/mol. The van der Waals surface area contributed by atoms with Crippen molar-refractivity contribution in [2.75, 3.05) is 6.61 Å². The Balaban J connectivity index is 1.84. The molecule has 6 nitrogen and oxygen atoms in total. The third-order valence-corrected chi connectivity index (χ3v) is 4.63. The van der Waals surface area contributed by atoms with Crippen molar-refractivity contribution in [3.05, 3.63) is 75.7 Å². The van der Waals surface area contributed by atoms with Gasteiger partial charge in [0.25, 0.3) is 5.56 Å². The number of aromatic nitrogens is 2. The van der Waals surface area contributed by atoms with Gasteiger partial charge >= 0.3 is 12.1 Å². The third-order valence-electron chi connectivity index (χ3n) is 4.63. The summed E-state index contributed by atoms with van der Waals surface area (Å²) in [6, 6.07) is 10.3. The van der Waals surface area contributed by atoms with Gasteiger partial charge in [0, 0.05) is 17.5 Å². The lowest BCUT2D eigenvalue weighted by Crippen LogP contribution is -2.27. The second-order valence-corrected chi connectivity index (χ2v) is 6.85. The molecule has 0 unspecified atom stereocenters. The SMILES string of the molecule is CCCCn1nc(C(=O)OCC(=O)c2cccc(C(F)(F)F)c2)c2ccccc2c1=O. The van der Waals surface area contributed by atoms with Crippen LogP contribution < -0.4 is 5.56 Å². The summed E-state index contributed by atoms with van der Waals surface area (Å²) in [5.74, 6) is -1.73. The van der Waals surface area contributed by atoms with Crippen molar-refractivity contribution in [3.8, 4) is 0 Å². The Kier molecular flexibility index (Phi) is 6.53. The minimum absolute atomic E-state index is 0.136. The van der Waals surface area contributed by atoms with Gasteiger partial charge in [-0.3, -0.25) is 9.59 Å². The van der Waals surface area contributed by atoms with E-state index in [2.05, 4.69) is 5.10 Å². The topological polar surface area (TPSA) is 78.3 Å². The molecule has 1 heterocycles. The summed E-state index contributed by atoms with van der Waals surface area (Å²) < 4.78 is 44.7. The first-order valence-electron chi connectivity index (χ1n) is 9.59. The largest absolute Gasteiger partial charge is 0.452 e. The van der Waals surface area contributed by atoms with E-state index in [0.717, 1.165) is 18.6 Å². The van der Waals surface area contributed by atoms with Gasteiger partial charge < -0.3 is 4.74 Å². The normalized spacial score (nSPS) is 11.5. The number of unbranched alkanes of at least 4 members (excludes halogenated alkanes) is 1. The maximum atomic E-state index is 12.8. The maximum Gasteiger partial charge on any atom is 0.416 e. The number of hydrogen-bond acceptors (Lipinski definition) is 5. The van der Waals surface area contributed by atoms with Crippen molar-refractivity contribution in [2.24, 2.45) is 0 Å². The summed E-state index contributed by atoms with van der Waals surface area (Å²) in [4.78, 5) is 37.5. The Bertz CT molecular complexity index is 1190. The quantitative estimate of drug-likeness (QED) is 0.412. The summed E-state index contributed by atoms with van der Waals surface area (Å²) in [7, 11) is 0. The summed E-state index contributed by atoms with van der Waals surface area (Å²) in [6.45, 7) is 1.49. The van der Waals surface area contributed by atoms with Crippen LogP contribution in [0.4, 0.5) is 13.2 Å². The van der Waals surface area contributed by atoms with E-state index in [1.165, 1.54) is 10.7 Å². The van der Waals surface area contributed by atoms with Crippen LogP contribution >= 0.6 is 0 Å². The number of hydrogen-bond donors (Lipinski definition) is 0. The van der Waals surface area contributed by atoms with E-state index >= 15 is 0 Å². The highest BCUT2D eigenvalue weighted by atomic mass is 19.4. The van der Waals surface area contributed by atoms with Crippen LogP contribution in [0.1, 0.15) is 46.2 Å². The molecule has 31 heavy (non-hydrogen) atoms. The van der Waals surface area contributed by atoms with Crippen molar-refractivity contribution in [1.82, 2.24) is 9.78 Å². The molecule has 0 aliphatic rings. The van der Waals surface area contributed by atoms with Gasteiger partial charge in [-0.2, -0.15) is 18.3 Å². The first kappa shape index (κ1) is 22.2. The number of rotatable bonds is 7. The minimum atomic E-state index is -4.60. The molecule has 162 valence electrons. The molecule has 0 aliphatic heterocycles. The number of Topliss-reactive ketones (excluding diaryl/α,β-unsaturated/α-hetero) is 1. The molecule has 0 saturated heterocycles. The van der Waals surface area contributed by atoms with Crippen LogP contribution in [0.3, 0.4) is 0 Å². The molecule has 0 fully saturated rings. The number of nitrogens with zero attached hydrogens (tertiary/aromatic N) is 2. The Labute approximate surface area is 175 Å². The first-order chi connectivity index (χ1) is 14.7. The monoisotopic (exact) mass is 432 g/mol. The van der Waals surface area contributed by atoms with Crippen LogP contribution in [0.5, 0.6) is 0 Å². The van der Waals surface area contributed by atoms with Crippen LogP contribution in [0, 0.1) is 0 Å². The summed E-state index contributed by atoms with van der Waals surface area (Å²) in [6.07, 6.45) is -3.11. The van der Waals surface area contributed by atoms with Crippen LogP contribution in [0.15, 0.2) is 53.3 Å². The molecule has 1 aromatic heterocycles. The van der Waals surface area contributed by atoms with Gasteiger partial charge in [-0.1, -0.05) is 43.7 Å². The molecular weight excluding hydrogens is 413 g/mol. The second kappa shape index (κ2) is 9.11. The van der Waals surface area contributed by atoms with E-state index < -0.39 is 30.1 Å². The standard InChI is InChI=1S/C22H19F3N2O4/c1-2-3-11-27-20(29)17-10-5-4-9-16(17)19(26-27)21(30)31-13-18(28)14-7-6-8-15(12-14)22(23,24)25/h4-10,12H,2-3,11,13H2,1H3. The zero-order valence-corrected chi connectivity index (χ0v) is 16.6. The maximum absolute atomic E-state index is 12.8. The number of aryl methyl sites for hydroxylation is 1. The molecule has 0 spiro atoms. The lowest BCUT2D eigenvalue weighted by Gasteiger charge is -2.11. The van der Waals surface area contributed by atoms with Gasteiger partial charge in [0.1, 0.15) is 0 Å². The highest BCUT2D eigenvalue weighted by molar-refractivity contribution is 6.04. The number of esters is 1. The lowest BCUT2D eigenvalue weighted by molar-refractivity contribution is -0.137. The van der Waals surface area contributed by atoms with Crippen LogP contribution in [-0.4, -0.2) is 28.1 Å². The van der Waals surface area contributed by atoms with Gasteiger partial charge in [-0.15, -0.1) is 0 Å². The number of carbonyl (C=O) groups is 2. The average Bonchev–Trinajstić information content (AvgIpc) is 2.76. The Morgan fingerprint density at radius 1 is 1.06 bits per heavy atom. The minimum Gasteiger partial charge on any atom is -0.452 e. The van der Waals surface area contributed by atoms with E-state index in [9.17, 15) is 27.6 Å². The van der Waals surface area contributed by atoms with Crippen LogP contribution in [-0.2, 0) is 17.5 Å². The van der Waals surface area contributed by atoms with Crippen molar-refractivity contribution in [3.63, 3.8) is 0 Å². The highest BCUT2D eigenvalue weighted by Crippen LogP contribution is 2.29. The zero-order valence-electron chi connectivity index (χ0n) is 16.6. The number of halogens is 3. The van der Waals surface area contributed by atoms with E-state index in [0.29, 0.717) is 19.0 Å². The predicted octanol–water partition coefficient (Wildman–Crippen LogP) is 4.26. The molecule has 0 N–H and O–H groups in total. The molecule has 0 radical (unpaired) electrons. The number of ether oxygens (including phenoxy) is 1. The van der Waals surface area contributed by atoms with E-state index in [-0.39, 0.29) is 27.6 Å². The van der Waals surface area contributed by atoms with Gasteiger partial charge in [0.05, 0.1) is 10.9 Å². The fraction of sp³-hybridized carbons (Fsp3) is 0.273. The lowest BCUT2D eigenvalue weighted by atomic mass is 10.1. The summed E-state index contributed by atoms with van der Waals surface area (Å²) >= 11 is 0. The molecule has 0 saturated carbocycles. The third kappa shape index (κ3) is 4.99. The predicted molar refractivity (Wildman–Crippen MR) is 107 cm³/mol. The molecule has 0 atom stereocenters. The Morgan fingerprint density at radius 2 is 1.77 bits per heavy atom. The summed E-state index contributed by atoms with van der Waals surface area (Å²) in [5.41, 5.74) is -1.68. The van der Waals surface area contributed by atoms with E-state index in [1.54, 1.807) is 24.3 Å². The number of alkyl halides is 3. The molecule has 0 bridgehead atoms. The zero-order chi connectivity index (χ0) is 22.6. The molecule has 0 amide bonds. The van der Waals surface area contributed by atoms with Crippen molar-refractivity contribution < 1.29 is 27.5 Å². The number of fused-ring (bicyclic) bond motifs is 1. The number of carbonyl (C=O) groups excluding carboxylic acids is 2. The van der Waals surface area contributed by atoms with Gasteiger partial charge in [0.2, 0.25) is 0 Å². The van der Waals surface area contributed by atoms with Crippen molar-refractivity contribution in [1.29, 1.82) is 0 Å². The van der Waals surface area contributed by atoms with Crippen molar-refractivity contribution in [2.45, 2.75) is 32.5 Å². The number of benzene rings is 2. The smallest absolute Gasteiger partial charge is 0.416 e. The molecule has 3 rings (SSSR count). The van der Waals surface area contributed by atoms with Crippen LogP contribution in [0.2, 0.25) is 0 Å². The first-order valence-corrected chi connectivity index (χ1v) is 9.59. The van der Waals surface area contributed by atoms with E-state index in [4.69, 9.17) is 4.74 Å². The van der Waals surface area contributed by atoms with Gasteiger partial charge in [-0.05, 0) is 24.6 Å². The molecule has 2 aromatic carbocycles.